The van der Waals surface area contributed by atoms with Gasteiger partial charge >= 0.3 is 0 Å². The number of halogens is 2. The van der Waals surface area contributed by atoms with E-state index in [1.165, 1.54) is 0 Å². The van der Waals surface area contributed by atoms with Gasteiger partial charge < -0.3 is 14.8 Å². The van der Waals surface area contributed by atoms with Crippen molar-refractivity contribution >= 4 is 34.8 Å². The van der Waals surface area contributed by atoms with Crippen LogP contribution in [0.4, 0.5) is 5.69 Å². The molecular formula is C18H19Cl2NO3. The summed E-state index contributed by atoms with van der Waals surface area (Å²) in [6, 6.07) is 12.1. The van der Waals surface area contributed by atoms with Crippen molar-refractivity contribution in [1.82, 2.24) is 0 Å². The lowest BCUT2D eigenvalue weighted by molar-refractivity contribution is -0.122. The lowest BCUT2D eigenvalue weighted by Crippen LogP contribution is -2.30. The van der Waals surface area contributed by atoms with Gasteiger partial charge in [-0.3, -0.25) is 4.79 Å². The number of carbonyl (C=O) groups excluding carboxylic acids is 1. The molecule has 2 aromatic carbocycles. The van der Waals surface area contributed by atoms with Gasteiger partial charge in [0.05, 0.1) is 17.3 Å². The van der Waals surface area contributed by atoms with Gasteiger partial charge in [-0.2, -0.15) is 0 Å². The van der Waals surface area contributed by atoms with Crippen LogP contribution in [-0.4, -0.2) is 18.6 Å². The van der Waals surface area contributed by atoms with Crippen LogP contribution in [0.15, 0.2) is 42.5 Å². The molecular weight excluding hydrogens is 349 g/mol. The Kier molecular flexibility index (Phi) is 6.76. The van der Waals surface area contributed by atoms with E-state index in [0.717, 1.165) is 6.42 Å². The third kappa shape index (κ3) is 5.05. The number of ether oxygens (including phenoxy) is 2. The van der Waals surface area contributed by atoms with Crippen molar-refractivity contribution in [1.29, 1.82) is 0 Å². The fourth-order valence-corrected chi connectivity index (χ4v) is 2.41. The molecule has 128 valence electrons. The van der Waals surface area contributed by atoms with E-state index in [2.05, 4.69) is 5.32 Å². The number of anilines is 1. The van der Waals surface area contributed by atoms with E-state index in [9.17, 15) is 4.79 Å². The number of hydrogen-bond donors (Lipinski definition) is 1. The topological polar surface area (TPSA) is 47.6 Å². The zero-order chi connectivity index (χ0) is 17.5. The molecule has 0 spiro atoms. The van der Waals surface area contributed by atoms with Crippen LogP contribution in [0.5, 0.6) is 11.5 Å². The van der Waals surface area contributed by atoms with Crippen molar-refractivity contribution in [3.63, 3.8) is 0 Å². The molecule has 0 aliphatic rings. The summed E-state index contributed by atoms with van der Waals surface area (Å²) in [5.41, 5.74) is 0.605. The van der Waals surface area contributed by atoms with Gasteiger partial charge in [0.2, 0.25) is 0 Å². The second-order valence-electron chi connectivity index (χ2n) is 5.17. The van der Waals surface area contributed by atoms with E-state index in [4.69, 9.17) is 32.7 Å². The standard InChI is InChI=1S/C18H19Cl2NO3/c1-3-10-23-17-7-5-4-6-15(17)21-18(22)12(2)24-16-9-8-13(19)11-14(16)20/h4-9,11-12H,3,10H2,1-2H3,(H,21,22). The Morgan fingerprint density at radius 1 is 1.17 bits per heavy atom. The van der Waals surface area contributed by atoms with Crippen LogP contribution >= 0.6 is 23.2 Å². The third-order valence-electron chi connectivity index (χ3n) is 3.17. The molecule has 1 amide bonds. The van der Waals surface area contributed by atoms with E-state index in [-0.39, 0.29) is 5.91 Å². The summed E-state index contributed by atoms with van der Waals surface area (Å²) < 4.78 is 11.2. The lowest BCUT2D eigenvalue weighted by Gasteiger charge is -2.17. The second-order valence-corrected chi connectivity index (χ2v) is 6.01. The predicted octanol–water partition coefficient (Wildman–Crippen LogP) is 5.19. The van der Waals surface area contributed by atoms with Gasteiger partial charge in [-0.05, 0) is 43.7 Å². The monoisotopic (exact) mass is 367 g/mol. The molecule has 0 heterocycles. The van der Waals surface area contributed by atoms with Crippen molar-refractivity contribution in [2.45, 2.75) is 26.4 Å². The van der Waals surface area contributed by atoms with Crippen LogP contribution in [-0.2, 0) is 4.79 Å². The fraction of sp³-hybridized carbons (Fsp3) is 0.278. The molecule has 2 rings (SSSR count). The van der Waals surface area contributed by atoms with E-state index >= 15 is 0 Å². The third-order valence-corrected chi connectivity index (χ3v) is 3.70. The summed E-state index contributed by atoms with van der Waals surface area (Å²) >= 11 is 11.9. The quantitative estimate of drug-likeness (QED) is 0.732. The summed E-state index contributed by atoms with van der Waals surface area (Å²) in [5.74, 6) is 0.734. The Morgan fingerprint density at radius 3 is 2.62 bits per heavy atom. The van der Waals surface area contributed by atoms with E-state index in [1.807, 2.05) is 25.1 Å². The molecule has 0 aliphatic heterocycles. The Bertz CT molecular complexity index is 706. The summed E-state index contributed by atoms with van der Waals surface area (Å²) in [7, 11) is 0. The van der Waals surface area contributed by atoms with Gasteiger partial charge in [-0.1, -0.05) is 42.3 Å². The van der Waals surface area contributed by atoms with Crippen LogP contribution in [0, 0.1) is 0 Å². The highest BCUT2D eigenvalue weighted by Crippen LogP contribution is 2.29. The Morgan fingerprint density at radius 2 is 1.92 bits per heavy atom. The number of rotatable bonds is 7. The maximum atomic E-state index is 12.4. The van der Waals surface area contributed by atoms with Gasteiger partial charge in [0.1, 0.15) is 11.5 Å². The molecule has 2 aromatic rings. The minimum Gasteiger partial charge on any atom is -0.491 e. The highest BCUT2D eigenvalue weighted by Gasteiger charge is 2.18. The number of carbonyl (C=O) groups is 1. The Labute approximate surface area is 151 Å². The number of hydrogen-bond acceptors (Lipinski definition) is 3. The summed E-state index contributed by atoms with van der Waals surface area (Å²) in [5, 5.41) is 3.67. The predicted molar refractivity (Wildman–Crippen MR) is 97.4 cm³/mol. The molecule has 0 bridgehead atoms. The van der Waals surface area contributed by atoms with Gasteiger partial charge in [-0.25, -0.2) is 0 Å². The van der Waals surface area contributed by atoms with Gasteiger partial charge in [0.25, 0.3) is 5.91 Å². The van der Waals surface area contributed by atoms with Gasteiger partial charge in [0.15, 0.2) is 6.10 Å². The van der Waals surface area contributed by atoms with Crippen molar-refractivity contribution in [2.24, 2.45) is 0 Å². The average molecular weight is 368 g/mol. The average Bonchev–Trinajstić information content (AvgIpc) is 2.56. The number of benzene rings is 2. The van der Waals surface area contributed by atoms with Crippen LogP contribution in [0.2, 0.25) is 10.0 Å². The first-order chi connectivity index (χ1) is 11.5. The van der Waals surface area contributed by atoms with Crippen LogP contribution < -0.4 is 14.8 Å². The highest BCUT2D eigenvalue weighted by atomic mass is 35.5. The van der Waals surface area contributed by atoms with Crippen molar-refractivity contribution in [2.75, 3.05) is 11.9 Å². The molecule has 24 heavy (non-hydrogen) atoms. The number of amides is 1. The zero-order valence-electron chi connectivity index (χ0n) is 13.5. The normalized spacial score (nSPS) is 11.7. The Balaban J connectivity index is 2.04. The molecule has 0 aromatic heterocycles. The molecule has 4 nitrogen and oxygen atoms in total. The molecule has 0 aliphatic carbocycles. The summed E-state index contributed by atoms with van der Waals surface area (Å²) in [6.07, 6.45) is 0.152. The molecule has 1 unspecified atom stereocenters. The van der Waals surface area contributed by atoms with Crippen LogP contribution in [0.3, 0.4) is 0 Å². The SMILES string of the molecule is CCCOc1ccccc1NC(=O)C(C)Oc1ccc(Cl)cc1Cl. The lowest BCUT2D eigenvalue weighted by atomic mass is 10.2. The zero-order valence-corrected chi connectivity index (χ0v) is 15.0. The first kappa shape index (κ1) is 18.4. The highest BCUT2D eigenvalue weighted by molar-refractivity contribution is 6.35. The number of para-hydroxylation sites is 2. The smallest absolute Gasteiger partial charge is 0.265 e. The second kappa shape index (κ2) is 8.81. The number of nitrogens with one attached hydrogen (secondary N) is 1. The van der Waals surface area contributed by atoms with E-state index in [0.29, 0.717) is 33.8 Å². The van der Waals surface area contributed by atoms with Crippen LogP contribution in [0.1, 0.15) is 20.3 Å². The molecule has 0 fully saturated rings. The molecule has 0 radical (unpaired) electrons. The van der Waals surface area contributed by atoms with E-state index in [1.54, 1.807) is 31.2 Å². The molecule has 0 saturated carbocycles. The minimum atomic E-state index is -0.733. The first-order valence-electron chi connectivity index (χ1n) is 7.65. The van der Waals surface area contributed by atoms with Crippen molar-refractivity contribution < 1.29 is 14.3 Å². The van der Waals surface area contributed by atoms with Crippen molar-refractivity contribution in [3.8, 4) is 11.5 Å². The van der Waals surface area contributed by atoms with Crippen LogP contribution in [0.25, 0.3) is 0 Å². The summed E-state index contributed by atoms with van der Waals surface area (Å²) in [6.45, 7) is 4.25. The largest absolute Gasteiger partial charge is 0.491 e. The van der Waals surface area contributed by atoms with Gasteiger partial charge in [0, 0.05) is 5.02 Å². The molecule has 1 atom stereocenters. The van der Waals surface area contributed by atoms with E-state index < -0.39 is 6.10 Å². The fourth-order valence-electron chi connectivity index (χ4n) is 1.96. The Hall–Kier alpha value is -1.91. The first-order valence-corrected chi connectivity index (χ1v) is 8.41. The molecule has 1 N–H and O–H groups in total. The molecule has 0 saturated heterocycles. The summed E-state index contributed by atoms with van der Waals surface area (Å²) in [4.78, 5) is 12.4. The minimum absolute atomic E-state index is 0.298. The maximum Gasteiger partial charge on any atom is 0.265 e. The molecule has 6 heteroatoms. The van der Waals surface area contributed by atoms with Crippen molar-refractivity contribution in [3.05, 3.63) is 52.5 Å². The maximum absolute atomic E-state index is 12.4. The van der Waals surface area contributed by atoms with Gasteiger partial charge in [-0.15, -0.1) is 0 Å².